The maximum atomic E-state index is 12.6. The summed E-state index contributed by atoms with van der Waals surface area (Å²) in [6.07, 6.45) is 2.81. The van der Waals surface area contributed by atoms with E-state index in [4.69, 9.17) is 4.74 Å². The average molecular weight is 382 g/mol. The first kappa shape index (κ1) is 18.9. The molecular formula is C21H22N2O3S. The fourth-order valence-electron chi connectivity index (χ4n) is 3.02. The second-order valence-corrected chi connectivity index (χ2v) is 7.45. The molecule has 1 N–H and O–H groups in total. The van der Waals surface area contributed by atoms with Crippen LogP contribution in [0.1, 0.15) is 33.3 Å². The molecule has 0 aliphatic rings. The molecule has 0 radical (unpaired) electrons. The van der Waals surface area contributed by atoms with Crippen molar-refractivity contribution >= 4 is 28.9 Å². The minimum atomic E-state index is -0.905. The number of rotatable bonds is 5. The van der Waals surface area contributed by atoms with Gasteiger partial charge in [-0.05, 0) is 62.4 Å². The van der Waals surface area contributed by atoms with Crippen molar-refractivity contribution in [1.29, 1.82) is 0 Å². The van der Waals surface area contributed by atoms with Crippen LogP contribution in [0.15, 0.2) is 48.1 Å². The number of hydrogen-bond acceptors (Lipinski definition) is 4. The number of anilines is 1. The Morgan fingerprint density at radius 3 is 2.37 bits per heavy atom. The Hall–Kier alpha value is -2.86. The molecule has 1 aromatic carbocycles. The van der Waals surface area contributed by atoms with Crippen molar-refractivity contribution in [3.8, 4) is 5.69 Å². The zero-order valence-corrected chi connectivity index (χ0v) is 16.6. The van der Waals surface area contributed by atoms with Crippen LogP contribution in [0.3, 0.4) is 0 Å². The van der Waals surface area contributed by atoms with Crippen LogP contribution in [-0.2, 0) is 9.53 Å². The summed E-state index contributed by atoms with van der Waals surface area (Å²) in [6, 6.07) is 9.64. The van der Waals surface area contributed by atoms with Crippen molar-refractivity contribution in [3.05, 3.63) is 69.7 Å². The van der Waals surface area contributed by atoms with Crippen LogP contribution >= 0.6 is 11.3 Å². The van der Waals surface area contributed by atoms with Crippen molar-refractivity contribution in [1.82, 2.24) is 4.57 Å². The molecule has 0 bridgehead atoms. The van der Waals surface area contributed by atoms with Crippen molar-refractivity contribution in [3.63, 3.8) is 0 Å². The van der Waals surface area contributed by atoms with Gasteiger partial charge in [0.25, 0.3) is 5.91 Å². The van der Waals surface area contributed by atoms with Crippen LogP contribution in [-0.4, -0.2) is 22.5 Å². The minimum absolute atomic E-state index is 0.350. The molecule has 5 nitrogen and oxygen atoms in total. The number of carbonyl (C=O) groups excluding carboxylic acids is 2. The molecule has 1 amide bonds. The van der Waals surface area contributed by atoms with Gasteiger partial charge in [-0.25, -0.2) is 4.79 Å². The number of benzene rings is 1. The number of ether oxygens (including phenoxy) is 1. The van der Waals surface area contributed by atoms with Crippen molar-refractivity contribution in [2.75, 3.05) is 5.32 Å². The highest BCUT2D eigenvalue weighted by atomic mass is 32.1. The van der Waals surface area contributed by atoms with E-state index in [1.807, 2.05) is 73.4 Å². The van der Waals surface area contributed by atoms with Gasteiger partial charge >= 0.3 is 5.97 Å². The Bertz CT molecular complexity index is 950. The lowest BCUT2D eigenvalue weighted by Crippen LogP contribution is -2.30. The molecule has 0 aliphatic carbocycles. The van der Waals surface area contributed by atoms with Gasteiger partial charge in [0.2, 0.25) is 0 Å². The van der Waals surface area contributed by atoms with Crippen LogP contribution in [0.2, 0.25) is 0 Å². The molecule has 2 heterocycles. The summed E-state index contributed by atoms with van der Waals surface area (Å²) in [6.45, 7) is 7.48. The summed E-state index contributed by atoms with van der Waals surface area (Å²) in [5.41, 5.74) is 4.60. The Morgan fingerprint density at radius 2 is 1.74 bits per heavy atom. The predicted octanol–water partition coefficient (Wildman–Crippen LogP) is 4.65. The van der Waals surface area contributed by atoms with E-state index in [1.54, 1.807) is 6.92 Å². The van der Waals surface area contributed by atoms with E-state index in [9.17, 15) is 9.59 Å². The van der Waals surface area contributed by atoms with Gasteiger partial charge in [0.05, 0.1) is 5.69 Å². The number of aromatic nitrogens is 1. The minimum Gasteiger partial charge on any atom is -0.448 e. The second kappa shape index (κ2) is 7.80. The summed E-state index contributed by atoms with van der Waals surface area (Å²) in [5, 5.41) is 4.71. The highest BCUT2D eigenvalue weighted by Crippen LogP contribution is 2.24. The van der Waals surface area contributed by atoms with Crippen LogP contribution in [0.4, 0.5) is 5.69 Å². The number of aryl methyl sites for hydroxylation is 3. The molecule has 2 aromatic heterocycles. The molecule has 140 valence electrons. The smallest absolute Gasteiger partial charge is 0.351 e. The Kier molecular flexibility index (Phi) is 5.46. The maximum Gasteiger partial charge on any atom is 0.351 e. The van der Waals surface area contributed by atoms with Crippen molar-refractivity contribution in [2.45, 2.75) is 33.8 Å². The lowest BCUT2D eigenvalue weighted by Gasteiger charge is -2.17. The topological polar surface area (TPSA) is 60.3 Å². The van der Waals surface area contributed by atoms with Crippen molar-refractivity contribution in [2.24, 2.45) is 0 Å². The zero-order valence-electron chi connectivity index (χ0n) is 15.8. The first-order chi connectivity index (χ1) is 12.9. The summed E-state index contributed by atoms with van der Waals surface area (Å²) in [5.74, 6) is -0.855. The average Bonchev–Trinajstić information content (AvgIpc) is 3.28. The molecule has 1 unspecified atom stereocenters. The van der Waals surface area contributed by atoms with Crippen LogP contribution in [0.25, 0.3) is 5.69 Å². The van der Waals surface area contributed by atoms with Gasteiger partial charge in [0, 0.05) is 18.1 Å². The summed E-state index contributed by atoms with van der Waals surface area (Å²) >= 11 is 1.29. The van der Waals surface area contributed by atoms with E-state index in [-0.39, 0.29) is 5.91 Å². The van der Waals surface area contributed by atoms with Gasteiger partial charge < -0.3 is 14.6 Å². The standard InChI is InChI=1S/C21H22N2O3S/c1-13-11-14(2)18(15(3)12-13)22-20(24)16(4)26-21(25)19-17(7-10-27-19)23-8-5-6-9-23/h5-12,16H,1-4H3,(H,22,24). The zero-order chi connectivity index (χ0) is 19.6. The summed E-state index contributed by atoms with van der Waals surface area (Å²) in [4.78, 5) is 25.6. The Morgan fingerprint density at radius 1 is 1.11 bits per heavy atom. The molecule has 0 saturated heterocycles. The van der Waals surface area contributed by atoms with Crippen LogP contribution in [0, 0.1) is 20.8 Å². The molecule has 0 aliphatic heterocycles. The van der Waals surface area contributed by atoms with E-state index in [0.717, 1.165) is 28.1 Å². The van der Waals surface area contributed by atoms with Gasteiger partial charge in [-0.15, -0.1) is 11.3 Å². The maximum absolute atomic E-state index is 12.6. The van der Waals surface area contributed by atoms with Gasteiger partial charge in [0.15, 0.2) is 6.10 Å². The van der Waals surface area contributed by atoms with Gasteiger partial charge in [-0.3, -0.25) is 4.79 Å². The molecule has 0 saturated carbocycles. The third kappa shape index (κ3) is 4.11. The quantitative estimate of drug-likeness (QED) is 0.654. The highest BCUT2D eigenvalue weighted by molar-refractivity contribution is 7.12. The number of hydrogen-bond donors (Lipinski definition) is 1. The number of nitrogens with zero attached hydrogens (tertiary/aromatic N) is 1. The highest BCUT2D eigenvalue weighted by Gasteiger charge is 2.23. The molecule has 6 heteroatoms. The number of esters is 1. The van der Waals surface area contributed by atoms with Crippen LogP contribution in [0.5, 0.6) is 0 Å². The molecule has 27 heavy (non-hydrogen) atoms. The number of thiophene rings is 1. The Balaban J connectivity index is 1.71. The monoisotopic (exact) mass is 382 g/mol. The number of carbonyl (C=O) groups is 2. The SMILES string of the molecule is Cc1cc(C)c(NC(=O)C(C)OC(=O)c2sccc2-n2cccc2)c(C)c1. The van der Waals surface area contributed by atoms with E-state index in [0.29, 0.717) is 4.88 Å². The van der Waals surface area contributed by atoms with E-state index in [2.05, 4.69) is 5.32 Å². The molecule has 1 atom stereocenters. The van der Waals surface area contributed by atoms with Gasteiger partial charge in [-0.2, -0.15) is 0 Å². The number of amides is 1. The third-order valence-corrected chi connectivity index (χ3v) is 5.17. The largest absolute Gasteiger partial charge is 0.448 e. The summed E-state index contributed by atoms with van der Waals surface area (Å²) < 4.78 is 7.26. The van der Waals surface area contributed by atoms with Crippen molar-refractivity contribution < 1.29 is 14.3 Å². The van der Waals surface area contributed by atoms with Crippen LogP contribution < -0.4 is 5.32 Å². The normalized spacial score (nSPS) is 11.9. The first-order valence-corrected chi connectivity index (χ1v) is 9.55. The lowest BCUT2D eigenvalue weighted by atomic mass is 10.0. The molecular weight excluding hydrogens is 360 g/mol. The van der Waals surface area contributed by atoms with Gasteiger partial charge in [-0.1, -0.05) is 17.7 Å². The Labute approximate surface area is 162 Å². The van der Waals surface area contributed by atoms with E-state index >= 15 is 0 Å². The molecule has 0 fully saturated rings. The second-order valence-electron chi connectivity index (χ2n) is 6.54. The van der Waals surface area contributed by atoms with E-state index in [1.165, 1.54) is 11.3 Å². The fraction of sp³-hybridized carbons (Fsp3) is 0.238. The lowest BCUT2D eigenvalue weighted by molar-refractivity contribution is -0.123. The first-order valence-electron chi connectivity index (χ1n) is 8.67. The van der Waals surface area contributed by atoms with E-state index < -0.39 is 12.1 Å². The molecule has 3 rings (SSSR count). The predicted molar refractivity (Wildman–Crippen MR) is 108 cm³/mol. The fourth-order valence-corrected chi connectivity index (χ4v) is 3.79. The third-order valence-electron chi connectivity index (χ3n) is 4.29. The van der Waals surface area contributed by atoms with Gasteiger partial charge in [0.1, 0.15) is 4.88 Å². The summed E-state index contributed by atoms with van der Waals surface area (Å²) in [7, 11) is 0. The molecule has 3 aromatic rings. The molecule has 0 spiro atoms. The number of nitrogens with one attached hydrogen (secondary N) is 1.